The van der Waals surface area contributed by atoms with Crippen molar-refractivity contribution >= 4 is 0 Å². The molecule has 0 amide bonds. The molecule has 58 valence electrons. The van der Waals surface area contributed by atoms with Crippen LogP contribution in [0.15, 0.2) is 0 Å². The van der Waals surface area contributed by atoms with Crippen molar-refractivity contribution < 1.29 is 25.8 Å². The Morgan fingerprint density at radius 3 is 0.750 bits per heavy atom. The molecule has 0 aromatic heterocycles. The maximum atomic E-state index is 3.25. The van der Waals surface area contributed by atoms with E-state index in [0.29, 0.717) is 0 Å². The van der Waals surface area contributed by atoms with Crippen molar-refractivity contribution in [3.63, 3.8) is 0 Å². The van der Waals surface area contributed by atoms with E-state index in [2.05, 4.69) is 6.92 Å². The van der Waals surface area contributed by atoms with Crippen LogP contribution >= 0.6 is 0 Å². The Kier molecular flexibility index (Phi) is 10700. The van der Waals surface area contributed by atoms with Gasteiger partial charge in [-0.25, -0.2) is 0 Å². The molecule has 0 saturated heterocycles. The molecule has 0 rings (SSSR count). The van der Waals surface area contributed by atoms with Gasteiger partial charge in [0.2, 0.25) is 0 Å². The summed E-state index contributed by atoms with van der Waals surface area (Å²) in [6.45, 7) is 5.00. The van der Waals surface area contributed by atoms with Crippen molar-refractivity contribution in [2.75, 3.05) is 0 Å². The zero-order valence-electron chi connectivity index (χ0n) is 6.78. The topological polar surface area (TPSA) is 33.5 Å². The van der Waals surface area contributed by atoms with Crippen molar-refractivity contribution in [1.82, 2.24) is 0 Å². The molecule has 0 heterocycles. The zero-order chi connectivity index (χ0) is 2.00. The minimum atomic E-state index is 0. The van der Waals surface area contributed by atoms with Crippen molar-refractivity contribution in [2.24, 2.45) is 0 Å². The van der Waals surface area contributed by atoms with Crippen molar-refractivity contribution in [2.45, 2.75) is 6.92 Å². The fraction of sp³-hybridized carbons (Fsp3) is 0.167. The van der Waals surface area contributed by atoms with Crippen LogP contribution in [0.5, 0.6) is 0 Å². The summed E-state index contributed by atoms with van der Waals surface area (Å²) in [4.78, 5) is 0. The van der Waals surface area contributed by atoms with Gasteiger partial charge in [0.05, 0.1) is 0 Å². The van der Waals surface area contributed by atoms with Crippen LogP contribution in [0.3, 0.4) is 0 Å². The van der Waals surface area contributed by atoms with E-state index >= 15 is 0 Å². The van der Waals surface area contributed by atoms with E-state index in [-0.39, 0.29) is 61.7 Å². The van der Waals surface area contributed by atoms with E-state index in [0.717, 1.165) is 0 Å². The van der Waals surface area contributed by atoms with Gasteiger partial charge in [0.25, 0.3) is 0 Å². The molecule has 0 aliphatic carbocycles. The average molecular weight is 284 g/mol. The van der Waals surface area contributed by atoms with E-state index in [4.69, 9.17) is 0 Å². The van der Waals surface area contributed by atoms with Gasteiger partial charge in [0.15, 0.2) is 0 Å². The standard InChI is InChI=1S/C2H5.4CH3.Hf.H2N/c1-2;;;;;;/h1H2,2H3;4*1H3;;1H2/q5*-1;;-1. The van der Waals surface area contributed by atoms with Crippen LogP contribution in [-0.2, 0) is 25.8 Å². The summed E-state index contributed by atoms with van der Waals surface area (Å²) in [6.07, 6.45) is 0. The number of nitrogens with two attached hydrogens (primary N) is 1. The van der Waals surface area contributed by atoms with Gasteiger partial charge >= 0.3 is 0 Å². The van der Waals surface area contributed by atoms with Crippen LogP contribution in [0.2, 0.25) is 0 Å². The third-order valence-corrected chi connectivity index (χ3v) is 0. The van der Waals surface area contributed by atoms with E-state index in [1.165, 1.54) is 0 Å². The summed E-state index contributed by atoms with van der Waals surface area (Å²) in [5.74, 6) is 0. The average Bonchev–Trinajstić information content (AvgIpc) is 1.00. The van der Waals surface area contributed by atoms with Crippen LogP contribution in [0.4, 0.5) is 0 Å². The fourth-order valence-electron chi connectivity index (χ4n) is 0. The third kappa shape index (κ3) is 337. The van der Waals surface area contributed by atoms with E-state index < -0.39 is 0 Å². The maximum absolute atomic E-state index is 3.25. The normalized spacial score (nSPS) is 0.750. The first-order valence-corrected chi connectivity index (χ1v) is 0.707. The molecular formula is C6H19HfN-6. The predicted molar refractivity (Wildman–Crippen MR) is 42.0 cm³/mol. The first kappa shape index (κ1) is 162. The molecule has 0 aromatic rings. The summed E-state index contributed by atoms with van der Waals surface area (Å²) >= 11 is 0. The molecule has 1 nitrogen and oxygen atoms in total. The molecule has 2 heteroatoms. The van der Waals surface area contributed by atoms with E-state index in [1.807, 2.05) is 0 Å². The maximum Gasteiger partial charge on any atom is 0 e. The smallest absolute Gasteiger partial charge is 0 e. The molecule has 0 unspecified atom stereocenters. The molecule has 0 radical (unpaired) electrons. The zero-order valence-corrected chi connectivity index (χ0v) is 10.4. The van der Waals surface area contributed by atoms with Crippen molar-refractivity contribution in [1.29, 1.82) is 0 Å². The summed E-state index contributed by atoms with van der Waals surface area (Å²) < 4.78 is 0. The Balaban J connectivity index is -0.000000000333. The Hall–Kier alpha value is 0.830. The number of hydrogen-bond donors (Lipinski definition) is 0. The predicted octanol–water partition coefficient (Wildman–Crippen LogP) is 3.36. The molecule has 0 aromatic carbocycles. The summed E-state index contributed by atoms with van der Waals surface area (Å²) in [5.41, 5.74) is 0. The number of hydrogen-bond acceptors (Lipinski definition) is 0. The minimum absolute atomic E-state index is 0. The largest absolute Gasteiger partial charge is 0.693 e. The second-order valence-electron chi connectivity index (χ2n) is 0. The van der Waals surface area contributed by atoms with Gasteiger partial charge in [0.1, 0.15) is 0 Å². The second kappa shape index (κ2) is 530. The van der Waals surface area contributed by atoms with Crippen LogP contribution in [0, 0.1) is 36.6 Å². The summed E-state index contributed by atoms with van der Waals surface area (Å²) in [7, 11) is 0. The molecule has 0 saturated carbocycles. The molecule has 0 aliphatic heterocycles. The molecular weight excluding hydrogens is 265 g/mol. The first-order chi connectivity index (χ1) is 1.00. The Morgan fingerprint density at radius 1 is 0.750 bits per heavy atom. The monoisotopic (exact) mass is 285 g/mol. The number of rotatable bonds is 0. The molecule has 0 fully saturated rings. The Bertz CT molecular complexity index is 8.49. The van der Waals surface area contributed by atoms with Crippen LogP contribution in [-0.4, -0.2) is 0 Å². The summed E-state index contributed by atoms with van der Waals surface area (Å²) in [6, 6.07) is 0. The van der Waals surface area contributed by atoms with Crippen molar-refractivity contribution in [3.8, 4) is 0 Å². The second-order valence-corrected chi connectivity index (χ2v) is 0. The minimum Gasteiger partial charge on any atom is -0.693 e. The van der Waals surface area contributed by atoms with E-state index in [9.17, 15) is 0 Å². The molecule has 0 bridgehead atoms. The molecule has 8 heavy (non-hydrogen) atoms. The van der Waals surface area contributed by atoms with Gasteiger partial charge < -0.3 is 42.8 Å². The molecule has 0 spiro atoms. The van der Waals surface area contributed by atoms with Crippen molar-refractivity contribution in [3.05, 3.63) is 42.8 Å². The van der Waals surface area contributed by atoms with Gasteiger partial charge in [-0.3, -0.25) is 0 Å². The molecule has 2 N–H and O–H groups in total. The summed E-state index contributed by atoms with van der Waals surface area (Å²) in [5, 5.41) is 0. The Morgan fingerprint density at radius 2 is 0.750 bits per heavy atom. The van der Waals surface area contributed by atoms with Gasteiger partial charge in [-0.15, -0.1) is 0 Å². The van der Waals surface area contributed by atoms with Gasteiger partial charge in [-0.05, 0) is 0 Å². The van der Waals surface area contributed by atoms with E-state index in [1.54, 1.807) is 6.92 Å². The third-order valence-electron chi connectivity index (χ3n) is 0. The quantitative estimate of drug-likeness (QED) is 0.483. The van der Waals surface area contributed by atoms with Crippen LogP contribution in [0.25, 0.3) is 6.15 Å². The van der Waals surface area contributed by atoms with Gasteiger partial charge in [-0.1, -0.05) is 0 Å². The van der Waals surface area contributed by atoms with Crippen LogP contribution < -0.4 is 0 Å². The van der Waals surface area contributed by atoms with Crippen LogP contribution in [0.1, 0.15) is 6.92 Å². The van der Waals surface area contributed by atoms with Gasteiger partial charge in [-0.2, -0.15) is 6.92 Å². The molecule has 0 atom stereocenters. The van der Waals surface area contributed by atoms with Gasteiger partial charge in [0, 0.05) is 25.8 Å². The molecule has 0 aliphatic rings. The fourth-order valence-corrected chi connectivity index (χ4v) is 0. The Labute approximate surface area is 75.6 Å². The SMILES string of the molecule is [CH2-]C.[CH3-].[CH3-].[CH3-].[CH3-].[Hf].[NH2-]. The first-order valence-electron chi connectivity index (χ1n) is 0.707.